The van der Waals surface area contributed by atoms with Crippen LogP contribution in [0.1, 0.15) is 23.6 Å². The lowest BCUT2D eigenvalue weighted by atomic mass is 10.1. The number of carbonyl (C=O) groups excluding carboxylic acids is 2. The van der Waals surface area contributed by atoms with E-state index in [4.69, 9.17) is 4.74 Å². The molecular formula is C22H26N2O3. The Morgan fingerprint density at radius 1 is 1.00 bits per heavy atom. The molecule has 3 rings (SSSR count). The van der Waals surface area contributed by atoms with Gasteiger partial charge in [-0.15, -0.1) is 0 Å². The molecule has 142 valence electrons. The summed E-state index contributed by atoms with van der Waals surface area (Å²) in [7, 11) is 0. The van der Waals surface area contributed by atoms with Crippen molar-refractivity contribution in [1.29, 1.82) is 0 Å². The van der Waals surface area contributed by atoms with Crippen molar-refractivity contribution in [1.82, 2.24) is 4.90 Å². The maximum atomic E-state index is 12.8. The Hall–Kier alpha value is -2.82. The topological polar surface area (TPSA) is 49.9 Å². The smallest absolute Gasteiger partial charge is 0.263 e. The van der Waals surface area contributed by atoms with E-state index in [1.54, 1.807) is 16.7 Å². The Balaban J connectivity index is 1.64. The number of hydrogen-bond donors (Lipinski definition) is 0. The zero-order valence-corrected chi connectivity index (χ0v) is 16.4. The minimum absolute atomic E-state index is 0.0719. The Kier molecular flexibility index (Phi) is 5.49. The molecule has 1 saturated heterocycles. The molecule has 0 aliphatic carbocycles. The van der Waals surface area contributed by atoms with Gasteiger partial charge in [-0.25, -0.2) is 0 Å². The average Bonchev–Trinajstić information content (AvgIpc) is 2.65. The van der Waals surface area contributed by atoms with Crippen LogP contribution in [0.15, 0.2) is 42.5 Å². The molecule has 27 heavy (non-hydrogen) atoms. The van der Waals surface area contributed by atoms with Crippen molar-refractivity contribution in [3.05, 3.63) is 59.2 Å². The molecule has 5 nitrogen and oxygen atoms in total. The van der Waals surface area contributed by atoms with Crippen molar-refractivity contribution in [2.24, 2.45) is 0 Å². The van der Waals surface area contributed by atoms with Crippen molar-refractivity contribution >= 4 is 17.5 Å². The fourth-order valence-electron chi connectivity index (χ4n) is 3.19. The summed E-state index contributed by atoms with van der Waals surface area (Å²) in [5.74, 6) is 0.477. The van der Waals surface area contributed by atoms with Crippen molar-refractivity contribution in [2.75, 3.05) is 24.5 Å². The van der Waals surface area contributed by atoms with Crippen LogP contribution in [0.5, 0.6) is 5.75 Å². The lowest BCUT2D eigenvalue weighted by Gasteiger charge is -2.35. The first kappa shape index (κ1) is 19.0. The van der Waals surface area contributed by atoms with E-state index in [0.717, 1.165) is 22.4 Å². The normalized spacial score (nSPS) is 15.6. The number of nitrogens with zero attached hydrogens (tertiary/aromatic N) is 2. The Morgan fingerprint density at radius 3 is 2.33 bits per heavy atom. The lowest BCUT2D eigenvalue weighted by molar-refractivity contribution is -0.142. The second-order valence-electron chi connectivity index (χ2n) is 7.17. The van der Waals surface area contributed by atoms with Crippen molar-refractivity contribution in [3.63, 3.8) is 0 Å². The predicted octanol–water partition coefficient (Wildman–Crippen LogP) is 3.25. The van der Waals surface area contributed by atoms with Gasteiger partial charge in [-0.3, -0.25) is 9.59 Å². The van der Waals surface area contributed by atoms with Crippen LogP contribution in [0, 0.1) is 20.8 Å². The van der Waals surface area contributed by atoms with Gasteiger partial charge in [0.1, 0.15) is 12.3 Å². The van der Waals surface area contributed by atoms with E-state index in [1.807, 2.05) is 63.2 Å². The first-order valence-corrected chi connectivity index (χ1v) is 9.25. The van der Waals surface area contributed by atoms with Crippen LogP contribution in [0.25, 0.3) is 0 Å². The molecule has 1 unspecified atom stereocenters. The third-order valence-electron chi connectivity index (χ3n) is 4.87. The third-order valence-corrected chi connectivity index (χ3v) is 4.87. The van der Waals surface area contributed by atoms with Crippen molar-refractivity contribution < 1.29 is 14.3 Å². The summed E-state index contributed by atoms with van der Waals surface area (Å²) in [6.45, 7) is 8.76. The molecule has 1 atom stereocenters. The Morgan fingerprint density at radius 2 is 1.67 bits per heavy atom. The molecule has 1 fully saturated rings. The summed E-state index contributed by atoms with van der Waals surface area (Å²) in [6, 6.07) is 13.8. The predicted molar refractivity (Wildman–Crippen MR) is 106 cm³/mol. The molecule has 0 radical (unpaired) electrons. The van der Waals surface area contributed by atoms with Crippen LogP contribution in [-0.4, -0.2) is 42.5 Å². The zero-order chi connectivity index (χ0) is 19.6. The van der Waals surface area contributed by atoms with E-state index >= 15 is 0 Å². The Labute approximate surface area is 160 Å². The molecule has 2 aromatic carbocycles. The summed E-state index contributed by atoms with van der Waals surface area (Å²) in [4.78, 5) is 28.6. The minimum Gasteiger partial charge on any atom is -0.481 e. The van der Waals surface area contributed by atoms with Gasteiger partial charge in [0.15, 0.2) is 6.10 Å². The molecule has 0 spiro atoms. The fourth-order valence-corrected chi connectivity index (χ4v) is 3.19. The van der Waals surface area contributed by atoms with Gasteiger partial charge in [-0.05, 0) is 57.0 Å². The molecular weight excluding hydrogens is 340 g/mol. The molecule has 0 bridgehead atoms. The highest BCUT2D eigenvalue weighted by molar-refractivity contribution is 5.98. The van der Waals surface area contributed by atoms with E-state index < -0.39 is 6.10 Å². The third kappa shape index (κ3) is 4.30. The minimum atomic E-state index is -0.635. The number of carbonyl (C=O) groups is 2. The summed E-state index contributed by atoms with van der Waals surface area (Å²) in [5, 5.41) is 0. The number of ether oxygens (including phenoxy) is 1. The van der Waals surface area contributed by atoms with Crippen LogP contribution in [-0.2, 0) is 9.59 Å². The number of amides is 2. The maximum Gasteiger partial charge on any atom is 0.263 e. The number of rotatable bonds is 4. The summed E-state index contributed by atoms with van der Waals surface area (Å²) in [5.41, 5.74) is 4.09. The number of benzene rings is 2. The molecule has 0 N–H and O–H groups in total. The van der Waals surface area contributed by atoms with Gasteiger partial charge in [-0.1, -0.05) is 29.8 Å². The van der Waals surface area contributed by atoms with Crippen LogP contribution >= 0.6 is 0 Å². The molecule has 1 aliphatic rings. The SMILES string of the molecule is Cc1ccc(N2CCN(C(=O)C(C)Oc3cc(C)ccc3C)CC2=O)cc1. The highest BCUT2D eigenvalue weighted by Crippen LogP contribution is 2.22. The van der Waals surface area contributed by atoms with Gasteiger partial charge >= 0.3 is 0 Å². The van der Waals surface area contributed by atoms with Gasteiger partial charge in [0, 0.05) is 18.8 Å². The largest absolute Gasteiger partial charge is 0.481 e. The molecule has 2 aromatic rings. The van der Waals surface area contributed by atoms with Crippen LogP contribution < -0.4 is 9.64 Å². The summed E-state index contributed by atoms with van der Waals surface area (Å²) < 4.78 is 5.88. The monoisotopic (exact) mass is 366 g/mol. The number of anilines is 1. The van der Waals surface area contributed by atoms with Gasteiger partial charge in [0.25, 0.3) is 5.91 Å². The van der Waals surface area contributed by atoms with E-state index in [0.29, 0.717) is 18.8 Å². The maximum absolute atomic E-state index is 12.8. The van der Waals surface area contributed by atoms with E-state index in [9.17, 15) is 9.59 Å². The number of piperazine rings is 1. The zero-order valence-electron chi connectivity index (χ0n) is 16.4. The lowest BCUT2D eigenvalue weighted by Crippen LogP contribution is -2.54. The first-order chi connectivity index (χ1) is 12.8. The quantitative estimate of drug-likeness (QED) is 0.835. The van der Waals surface area contributed by atoms with Crippen LogP contribution in [0.3, 0.4) is 0 Å². The second kappa shape index (κ2) is 7.82. The van der Waals surface area contributed by atoms with Gasteiger partial charge in [0.05, 0.1) is 0 Å². The summed E-state index contributed by atoms with van der Waals surface area (Å²) >= 11 is 0. The average molecular weight is 366 g/mol. The van der Waals surface area contributed by atoms with Gasteiger partial charge < -0.3 is 14.5 Å². The van der Waals surface area contributed by atoms with Crippen LogP contribution in [0.2, 0.25) is 0 Å². The van der Waals surface area contributed by atoms with E-state index in [1.165, 1.54) is 0 Å². The van der Waals surface area contributed by atoms with Gasteiger partial charge in [0.2, 0.25) is 5.91 Å². The molecule has 0 saturated carbocycles. The van der Waals surface area contributed by atoms with Crippen molar-refractivity contribution in [3.8, 4) is 5.75 Å². The van der Waals surface area contributed by atoms with Crippen LogP contribution in [0.4, 0.5) is 5.69 Å². The second-order valence-corrected chi connectivity index (χ2v) is 7.17. The number of aryl methyl sites for hydroxylation is 3. The highest BCUT2D eigenvalue weighted by atomic mass is 16.5. The number of hydrogen-bond acceptors (Lipinski definition) is 3. The molecule has 1 aliphatic heterocycles. The molecule has 5 heteroatoms. The summed E-state index contributed by atoms with van der Waals surface area (Å²) in [6.07, 6.45) is -0.635. The molecule has 1 heterocycles. The van der Waals surface area contributed by atoms with E-state index in [-0.39, 0.29) is 18.4 Å². The van der Waals surface area contributed by atoms with E-state index in [2.05, 4.69) is 0 Å². The molecule has 0 aromatic heterocycles. The highest BCUT2D eigenvalue weighted by Gasteiger charge is 2.31. The fraction of sp³-hybridized carbons (Fsp3) is 0.364. The first-order valence-electron chi connectivity index (χ1n) is 9.25. The van der Waals surface area contributed by atoms with Gasteiger partial charge in [-0.2, -0.15) is 0 Å². The Bertz CT molecular complexity index is 845. The standard InChI is InChI=1S/C22H26N2O3/c1-15-6-9-19(10-7-15)24-12-11-23(14-21(24)25)22(26)18(4)27-20-13-16(2)5-8-17(20)3/h5-10,13,18H,11-12,14H2,1-4H3. The van der Waals surface area contributed by atoms with Crippen molar-refractivity contribution in [2.45, 2.75) is 33.8 Å². The molecule has 2 amide bonds.